The molecular formula is C19H19N7O2. The van der Waals surface area contributed by atoms with Crippen LogP contribution in [-0.4, -0.2) is 50.3 Å². The number of hydrogen-bond donors (Lipinski definition) is 2. The molecule has 1 amide bonds. The van der Waals surface area contributed by atoms with Crippen LogP contribution in [0.2, 0.25) is 0 Å². The minimum Gasteiger partial charge on any atom is -0.379 e. The van der Waals surface area contributed by atoms with E-state index in [1.54, 1.807) is 17.8 Å². The molecule has 0 radical (unpaired) electrons. The lowest BCUT2D eigenvalue weighted by Crippen LogP contribution is -2.11. The van der Waals surface area contributed by atoms with Crippen molar-refractivity contribution < 1.29 is 9.53 Å². The number of amides is 1. The second-order valence-electron chi connectivity index (χ2n) is 6.78. The van der Waals surface area contributed by atoms with E-state index in [-0.39, 0.29) is 11.6 Å². The first kappa shape index (κ1) is 16.7. The Morgan fingerprint density at radius 2 is 2.29 bits per heavy atom. The van der Waals surface area contributed by atoms with Gasteiger partial charge in [-0.05, 0) is 18.6 Å². The summed E-state index contributed by atoms with van der Waals surface area (Å²) in [5.41, 5.74) is 8.75. The molecule has 1 aliphatic rings. The third-order valence-electron chi connectivity index (χ3n) is 5.16. The molecule has 0 aliphatic carbocycles. The molecule has 0 saturated carbocycles. The number of nitrogens with two attached hydrogens (primary N) is 1. The van der Waals surface area contributed by atoms with Crippen LogP contribution in [0.15, 0.2) is 36.8 Å². The van der Waals surface area contributed by atoms with E-state index in [9.17, 15) is 4.79 Å². The van der Waals surface area contributed by atoms with Crippen molar-refractivity contribution in [3.8, 4) is 11.3 Å². The summed E-state index contributed by atoms with van der Waals surface area (Å²) in [5.74, 6) is 0.149. The van der Waals surface area contributed by atoms with E-state index in [0.717, 1.165) is 35.3 Å². The maximum Gasteiger partial charge on any atom is 0.254 e. The van der Waals surface area contributed by atoms with Crippen LogP contribution < -0.4 is 11.1 Å². The quantitative estimate of drug-likeness (QED) is 0.561. The number of ether oxygens (including phenoxy) is 1. The van der Waals surface area contributed by atoms with E-state index in [1.807, 2.05) is 18.2 Å². The third-order valence-corrected chi connectivity index (χ3v) is 5.16. The smallest absolute Gasteiger partial charge is 0.254 e. The van der Waals surface area contributed by atoms with E-state index in [1.165, 1.54) is 6.20 Å². The second kappa shape index (κ2) is 6.31. The monoisotopic (exact) mass is 377 g/mol. The number of hydrogen-bond acceptors (Lipinski definition) is 6. The zero-order valence-electron chi connectivity index (χ0n) is 15.3. The summed E-state index contributed by atoms with van der Waals surface area (Å²) in [7, 11) is 1.80. The van der Waals surface area contributed by atoms with Gasteiger partial charge >= 0.3 is 0 Å². The number of rotatable bonds is 4. The lowest BCUT2D eigenvalue weighted by molar-refractivity contribution is 0.100. The number of carbonyl (C=O) groups excluding carboxylic acids is 1. The summed E-state index contributed by atoms with van der Waals surface area (Å²) in [6, 6.07) is 6.09. The van der Waals surface area contributed by atoms with E-state index >= 15 is 0 Å². The number of primary amides is 1. The summed E-state index contributed by atoms with van der Waals surface area (Å²) in [6.45, 7) is 1.42. The Labute approximate surface area is 160 Å². The van der Waals surface area contributed by atoms with Gasteiger partial charge in [0.1, 0.15) is 17.0 Å². The molecular weight excluding hydrogens is 358 g/mol. The first-order valence-electron chi connectivity index (χ1n) is 9.07. The fourth-order valence-corrected chi connectivity index (χ4v) is 3.76. The first-order valence-corrected chi connectivity index (χ1v) is 9.07. The van der Waals surface area contributed by atoms with Crippen molar-refractivity contribution >= 4 is 28.4 Å². The highest BCUT2D eigenvalue weighted by molar-refractivity contribution is 6.00. The van der Waals surface area contributed by atoms with Gasteiger partial charge in [0.05, 0.1) is 24.5 Å². The molecule has 1 aliphatic heterocycles. The van der Waals surface area contributed by atoms with Gasteiger partial charge < -0.3 is 20.4 Å². The van der Waals surface area contributed by atoms with Crippen LogP contribution in [0.1, 0.15) is 22.8 Å². The zero-order valence-corrected chi connectivity index (χ0v) is 15.3. The topological polar surface area (TPSA) is 112 Å². The molecule has 4 aromatic rings. The fourth-order valence-electron chi connectivity index (χ4n) is 3.76. The van der Waals surface area contributed by atoms with Crippen LogP contribution in [0, 0.1) is 0 Å². The largest absolute Gasteiger partial charge is 0.379 e. The summed E-state index contributed by atoms with van der Waals surface area (Å²) in [6.07, 6.45) is 6.24. The SMILES string of the molecule is CNc1cc(-c2cn(C3CCOC3)c3ncccc23)nc2c(C(N)=O)cnn12. The third kappa shape index (κ3) is 2.43. The molecule has 0 spiro atoms. The number of fused-ring (bicyclic) bond motifs is 2. The normalized spacial score (nSPS) is 16.8. The molecule has 28 heavy (non-hydrogen) atoms. The van der Waals surface area contributed by atoms with Crippen molar-refractivity contribution in [2.75, 3.05) is 25.6 Å². The van der Waals surface area contributed by atoms with Gasteiger partial charge in [-0.1, -0.05) is 0 Å². The van der Waals surface area contributed by atoms with E-state index in [2.05, 4.69) is 26.2 Å². The summed E-state index contributed by atoms with van der Waals surface area (Å²) in [4.78, 5) is 21.1. The molecule has 9 nitrogen and oxygen atoms in total. The zero-order chi connectivity index (χ0) is 19.3. The standard InChI is InChI=1S/C19H19N7O2/c1-21-16-7-15(24-19-13(17(20)27)8-23-26(16)19)14-9-25(11-4-6-28-10-11)18-12(14)3-2-5-22-18/h2-3,5,7-9,11,21H,4,6,10H2,1H3,(H2,20,27). The van der Waals surface area contributed by atoms with Crippen molar-refractivity contribution in [1.82, 2.24) is 24.1 Å². The molecule has 9 heteroatoms. The minimum atomic E-state index is -0.561. The number of carbonyl (C=O) groups is 1. The number of nitrogens with zero attached hydrogens (tertiary/aromatic N) is 5. The Kier molecular flexibility index (Phi) is 3.76. The average Bonchev–Trinajstić information content (AvgIpc) is 3.44. The van der Waals surface area contributed by atoms with Crippen LogP contribution in [0.3, 0.4) is 0 Å². The van der Waals surface area contributed by atoms with Crippen LogP contribution in [0.25, 0.3) is 27.9 Å². The molecule has 5 heterocycles. The van der Waals surface area contributed by atoms with Gasteiger partial charge in [-0.3, -0.25) is 4.79 Å². The van der Waals surface area contributed by atoms with Gasteiger partial charge in [-0.25, -0.2) is 9.97 Å². The van der Waals surface area contributed by atoms with Gasteiger partial charge in [0.2, 0.25) is 0 Å². The lowest BCUT2D eigenvalue weighted by Gasteiger charge is -2.10. The Balaban J connectivity index is 1.77. The van der Waals surface area contributed by atoms with Crippen molar-refractivity contribution in [2.45, 2.75) is 12.5 Å². The molecule has 1 saturated heterocycles. The predicted molar refractivity (Wildman–Crippen MR) is 104 cm³/mol. The Hall–Kier alpha value is -3.46. The van der Waals surface area contributed by atoms with Crippen molar-refractivity contribution in [2.24, 2.45) is 5.73 Å². The van der Waals surface area contributed by atoms with Gasteiger partial charge in [0, 0.05) is 43.1 Å². The van der Waals surface area contributed by atoms with Gasteiger partial charge in [0.25, 0.3) is 5.91 Å². The van der Waals surface area contributed by atoms with E-state index in [4.69, 9.17) is 15.5 Å². The lowest BCUT2D eigenvalue weighted by atomic mass is 10.1. The molecule has 0 bridgehead atoms. The molecule has 4 aromatic heterocycles. The van der Waals surface area contributed by atoms with Gasteiger partial charge in [-0.15, -0.1) is 0 Å². The molecule has 1 fully saturated rings. The van der Waals surface area contributed by atoms with Crippen molar-refractivity contribution in [1.29, 1.82) is 0 Å². The Bertz CT molecular complexity index is 1200. The summed E-state index contributed by atoms with van der Waals surface area (Å²) >= 11 is 0. The Morgan fingerprint density at radius 1 is 1.39 bits per heavy atom. The summed E-state index contributed by atoms with van der Waals surface area (Å²) in [5, 5.41) is 8.33. The molecule has 5 rings (SSSR count). The molecule has 1 atom stereocenters. The summed E-state index contributed by atoms with van der Waals surface area (Å²) < 4.78 is 9.30. The maximum absolute atomic E-state index is 11.8. The number of anilines is 1. The first-order chi connectivity index (χ1) is 13.7. The minimum absolute atomic E-state index is 0.245. The van der Waals surface area contributed by atoms with Gasteiger partial charge in [-0.2, -0.15) is 9.61 Å². The predicted octanol–water partition coefficient (Wildman–Crippen LogP) is 1.85. The van der Waals surface area contributed by atoms with Crippen LogP contribution in [0.4, 0.5) is 5.82 Å². The van der Waals surface area contributed by atoms with Crippen LogP contribution >= 0.6 is 0 Å². The van der Waals surface area contributed by atoms with Crippen LogP contribution in [0.5, 0.6) is 0 Å². The molecule has 142 valence electrons. The number of aromatic nitrogens is 5. The average molecular weight is 377 g/mol. The fraction of sp³-hybridized carbons (Fsp3) is 0.263. The van der Waals surface area contributed by atoms with E-state index in [0.29, 0.717) is 18.1 Å². The van der Waals surface area contributed by atoms with E-state index < -0.39 is 5.91 Å². The Morgan fingerprint density at radius 3 is 3.04 bits per heavy atom. The molecule has 0 aromatic carbocycles. The van der Waals surface area contributed by atoms with Gasteiger partial charge in [0.15, 0.2) is 5.65 Å². The second-order valence-corrected chi connectivity index (χ2v) is 6.78. The van der Waals surface area contributed by atoms with Crippen molar-refractivity contribution in [3.63, 3.8) is 0 Å². The van der Waals surface area contributed by atoms with Crippen molar-refractivity contribution in [3.05, 3.63) is 42.4 Å². The number of pyridine rings is 1. The molecule has 1 unspecified atom stereocenters. The highest BCUT2D eigenvalue weighted by atomic mass is 16.5. The highest BCUT2D eigenvalue weighted by Gasteiger charge is 2.23. The number of nitrogens with one attached hydrogen (secondary N) is 1. The van der Waals surface area contributed by atoms with Crippen LogP contribution in [-0.2, 0) is 4.74 Å². The maximum atomic E-state index is 11.8. The highest BCUT2D eigenvalue weighted by Crippen LogP contribution is 2.34. The molecule has 3 N–H and O–H groups in total.